The Hall–Kier alpha value is -3.24. The molecule has 2 atom stereocenters. The van der Waals surface area contributed by atoms with Crippen LogP contribution in [0.5, 0.6) is 5.75 Å². The second-order valence-electron chi connectivity index (χ2n) is 8.96. The molecule has 0 saturated carbocycles. The predicted molar refractivity (Wildman–Crippen MR) is 134 cm³/mol. The van der Waals surface area contributed by atoms with Gasteiger partial charge in [-0.15, -0.1) is 0 Å². The molecular formula is C28H27ClN2O2. The Morgan fingerprint density at radius 2 is 1.55 bits per heavy atom. The Labute approximate surface area is 199 Å². The Morgan fingerprint density at radius 3 is 2.24 bits per heavy atom. The fourth-order valence-electron chi connectivity index (χ4n) is 4.72. The molecule has 0 radical (unpaired) electrons. The van der Waals surface area contributed by atoms with Crippen LogP contribution in [0, 0.1) is 0 Å². The molecule has 3 aromatic rings. The number of benzene rings is 3. The van der Waals surface area contributed by atoms with Crippen molar-refractivity contribution in [3.05, 3.63) is 100 Å². The molecule has 33 heavy (non-hydrogen) atoms. The van der Waals surface area contributed by atoms with Crippen LogP contribution >= 0.6 is 11.6 Å². The van der Waals surface area contributed by atoms with Crippen LogP contribution in [0.3, 0.4) is 0 Å². The van der Waals surface area contributed by atoms with E-state index < -0.39 is 0 Å². The lowest BCUT2D eigenvalue weighted by molar-refractivity contribution is -0.116. The van der Waals surface area contributed by atoms with E-state index in [0.29, 0.717) is 11.4 Å². The highest BCUT2D eigenvalue weighted by Crippen LogP contribution is 2.44. The first kappa shape index (κ1) is 21.6. The zero-order chi connectivity index (χ0) is 22.9. The highest BCUT2D eigenvalue weighted by molar-refractivity contribution is 6.30. The predicted octanol–water partition coefficient (Wildman–Crippen LogP) is 7.11. The number of hydrogen-bond donors (Lipinski definition) is 2. The fraction of sp³-hybridized carbons (Fsp3) is 0.250. The number of allylic oxidation sites excluding steroid dienone is 1. The fourth-order valence-corrected chi connectivity index (χ4v) is 4.85. The van der Waals surface area contributed by atoms with E-state index in [2.05, 4.69) is 22.8 Å². The van der Waals surface area contributed by atoms with Crippen LogP contribution in [0.1, 0.15) is 49.8 Å². The first-order valence-electron chi connectivity index (χ1n) is 11.4. The summed E-state index contributed by atoms with van der Waals surface area (Å²) in [6.45, 7) is 4.03. The van der Waals surface area contributed by atoms with Gasteiger partial charge in [0.15, 0.2) is 5.78 Å². The van der Waals surface area contributed by atoms with Crippen LogP contribution in [-0.2, 0) is 4.79 Å². The van der Waals surface area contributed by atoms with E-state index in [1.165, 1.54) is 0 Å². The molecule has 5 heteroatoms. The van der Waals surface area contributed by atoms with Crippen molar-refractivity contribution >= 4 is 28.8 Å². The van der Waals surface area contributed by atoms with Gasteiger partial charge in [-0.3, -0.25) is 4.79 Å². The molecule has 0 amide bonds. The SMILES string of the molecule is CC(C)Oc1ccc(C2CC(=O)C3=C(C2)Nc2ccccc2NC3c2ccc(Cl)cc2)cc1. The molecule has 0 spiro atoms. The Morgan fingerprint density at radius 1 is 0.879 bits per heavy atom. The first-order chi connectivity index (χ1) is 16.0. The third-order valence-corrected chi connectivity index (χ3v) is 6.49. The normalized spacial score (nSPS) is 19.8. The number of Topliss-reactive ketones (excluding diaryl/α,β-unsaturated/α-hetero) is 1. The lowest BCUT2D eigenvalue weighted by Gasteiger charge is -2.30. The quantitative estimate of drug-likeness (QED) is 0.437. The molecule has 4 nitrogen and oxygen atoms in total. The van der Waals surface area contributed by atoms with Crippen LogP contribution in [0.4, 0.5) is 11.4 Å². The van der Waals surface area contributed by atoms with Crippen molar-refractivity contribution in [2.45, 2.75) is 44.8 Å². The summed E-state index contributed by atoms with van der Waals surface area (Å²) in [5.41, 5.74) is 5.93. The summed E-state index contributed by atoms with van der Waals surface area (Å²) in [5, 5.41) is 7.87. The number of ketones is 1. The van der Waals surface area contributed by atoms with Gasteiger partial charge in [0.2, 0.25) is 0 Å². The zero-order valence-corrected chi connectivity index (χ0v) is 19.5. The van der Waals surface area contributed by atoms with Crippen LogP contribution < -0.4 is 15.4 Å². The maximum Gasteiger partial charge on any atom is 0.163 e. The summed E-state index contributed by atoms with van der Waals surface area (Å²) in [4.78, 5) is 13.6. The number of nitrogens with one attached hydrogen (secondary N) is 2. The molecule has 3 aromatic carbocycles. The Balaban J connectivity index is 1.52. The van der Waals surface area contributed by atoms with Crippen molar-refractivity contribution in [3.8, 4) is 5.75 Å². The molecule has 0 saturated heterocycles. The van der Waals surface area contributed by atoms with Gasteiger partial charge >= 0.3 is 0 Å². The number of halogens is 1. The van der Waals surface area contributed by atoms with Gasteiger partial charge in [0.25, 0.3) is 0 Å². The van der Waals surface area contributed by atoms with Crippen molar-refractivity contribution in [2.75, 3.05) is 10.6 Å². The zero-order valence-electron chi connectivity index (χ0n) is 18.8. The monoisotopic (exact) mass is 458 g/mol. The van der Waals surface area contributed by atoms with Crippen LogP contribution in [-0.4, -0.2) is 11.9 Å². The van der Waals surface area contributed by atoms with E-state index in [1.807, 2.05) is 74.5 Å². The Kier molecular flexibility index (Phi) is 5.86. The highest BCUT2D eigenvalue weighted by atomic mass is 35.5. The van der Waals surface area contributed by atoms with Crippen LogP contribution in [0.15, 0.2) is 84.1 Å². The summed E-state index contributed by atoms with van der Waals surface area (Å²) < 4.78 is 5.78. The lowest BCUT2D eigenvalue weighted by Crippen LogP contribution is -2.26. The van der Waals surface area contributed by atoms with E-state index >= 15 is 0 Å². The molecule has 2 N–H and O–H groups in total. The van der Waals surface area contributed by atoms with Crippen LogP contribution in [0.25, 0.3) is 0 Å². The smallest absolute Gasteiger partial charge is 0.163 e. The van der Waals surface area contributed by atoms with Gasteiger partial charge in [-0.25, -0.2) is 0 Å². The van der Waals surface area contributed by atoms with E-state index in [0.717, 1.165) is 45.9 Å². The van der Waals surface area contributed by atoms with Gasteiger partial charge in [-0.05, 0) is 73.7 Å². The molecule has 1 aliphatic heterocycles. The number of carbonyl (C=O) groups is 1. The van der Waals surface area contributed by atoms with Gasteiger partial charge in [-0.2, -0.15) is 0 Å². The minimum Gasteiger partial charge on any atom is -0.491 e. The average molecular weight is 459 g/mol. The number of ether oxygens (including phenoxy) is 1. The van der Waals surface area contributed by atoms with Crippen molar-refractivity contribution in [2.24, 2.45) is 0 Å². The van der Waals surface area contributed by atoms with Gasteiger partial charge in [0, 0.05) is 22.7 Å². The van der Waals surface area contributed by atoms with Crippen molar-refractivity contribution in [1.29, 1.82) is 0 Å². The summed E-state index contributed by atoms with van der Waals surface area (Å²) in [6.07, 6.45) is 1.38. The third kappa shape index (κ3) is 4.49. The molecule has 1 heterocycles. The highest BCUT2D eigenvalue weighted by Gasteiger charge is 2.36. The van der Waals surface area contributed by atoms with Crippen molar-refractivity contribution in [1.82, 2.24) is 0 Å². The summed E-state index contributed by atoms with van der Waals surface area (Å²) in [5.74, 6) is 1.13. The van der Waals surface area contributed by atoms with Gasteiger partial charge < -0.3 is 15.4 Å². The number of rotatable bonds is 4. The van der Waals surface area contributed by atoms with Gasteiger partial charge in [-0.1, -0.05) is 48.0 Å². The Bertz CT molecular complexity index is 1200. The number of hydrogen-bond acceptors (Lipinski definition) is 4. The van der Waals surface area contributed by atoms with Crippen LogP contribution in [0.2, 0.25) is 5.02 Å². The maximum atomic E-state index is 13.6. The lowest BCUT2D eigenvalue weighted by atomic mass is 9.78. The summed E-state index contributed by atoms with van der Waals surface area (Å²) >= 11 is 6.14. The molecule has 0 bridgehead atoms. The molecule has 2 aliphatic rings. The number of carbonyl (C=O) groups excluding carboxylic acids is 1. The minimum atomic E-state index is -0.233. The second kappa shape index (κ2) is 8.95. The van der Waals surface area contributed by atoms with Crippen molar-refractivity contribution in [3.63, 3.8) is 0 Å². The number of para-hydroxylation sites is 2. The topological polar surface area (TPSA) is 50.4 Å². The van der Waals surface area contributed by atoms with Gasteiger partial charge in [0.05, 0.1) is 23.5 Å². The summed E-state index contributed by atoms with van der Waals surface area (Å²) in [7, 11) is 0. The number of anilines is 2. The third-order valence-electron chi connectivity index (χ3n) is 6.24. The van der Waals surface area contributed by atoms with E-state index in [9.17, 15) is 4.79 Å². The second-order valence-corrected chi connectivity index (χ2v) is 9.39. The molecular weight excluding hydrogens is 432 g/mol. The van der Waals surface area contributed by atoms with E-state index in [-0.39, 0.29) is 23.8 Å². The van der Waals surface area contributed by atoms with E-state index in [1.54, 1.807) is 0 Å². The minimum absolute atomic E-state index is 0.119. The largest absolute Gasteiger partial charge is 0.491 e. The molecule has 168 valence electrons. The first-order valence-corrected chi connectivity index (χ1v) is 11.8. The standard InChI is InChI=1S/C28H27ClN2O2/c1-17(2)33-22-13-9-18(10-14-22)20-15-25-27(26(32)16-20)28(19-7-11-21(29)12-8-19)31-24-6-4-3-5-23(24)30-25/h3-14,17,20,28,30-31H,15-16H2,1-2H3. The molecule has 2 unspecified atom stereocenters. The van der Waals surface area contributed by atoms with Crippen molar-refractivity contribution < 1.29 is 9.53 Å². The molecule has 1 aliphatic carbocycles. The maximum absolute atomic E-state index is 13.6. The molecule has 0 aromatic heterocycles. The summed E-state index contributed by atoms with van der Waals surface area (Å²) in [6, 6.07) is 23.8. The molecule has 5 rings (SSSR count). The average Bonchev–Trinajstić information content (AvgIpc) is 2.96. The van der Waals surface area contributed by atoms with Gasteiger partial charge in [0.1, 0.15) is 5.75 Å². The number of fused-ring (bicyclic) bond motifs is 1. The molecule has 0 fully saturated rings. The van der Waals surface area contributed by atoms with E-state index in [4.69, 9.17) is 16.3 Å².